The van der Waals surface area contributed by atoms with Crippen molar-refractivity contribution >= 4 is 17.3 Å². The molecule has 30 heavy (non-hydrogen) atoms. The van der Waals surface area contributed by atoms with Crippen LogP contribution in [-0.2, 0) is 4.79 Å². The highest BCUT2D eigenvalue weighted by atomic mass is 16.5. The van der Waals surface area contributed by atoms with Crippen LogP contribution in [0.15, 0.2) is 48.5 Å². The molecule has 0 aromatic heterocycles. The first kappa shape index (κ1) is 20.8. The second-order valence-corrected chi connectivity index (χ2v) is 8.96. The van der Waals surface area contributed by atoms with Gasteiger partial charge >= 0.3 is 0 Å². The zero-order valence-electron chi connectivity index (χ0n) is 18.1. The molecule has 1 heterocycles. The number of hydrogen-bond acceptors (Lipinski definition) is 3. The number of nitrogens with zero attached hydrogens (tertiary/aromatic N) is 1. The SMILES string of the molecule is CC1CCN(c2ccc(NC(=O)COc3ccc(C4CCCCC4)cc3)cc2)CC1. The molecule has 0 atom stereocenters. The monoisotopic (exact) mass is 406 g/mol. The summed E-state index contributed by atoms with van der Waals surface area (Å²) in [5.41, 5.74) is 3.44. The van der Waals surface area contributed by atoms with Crippen LogP contribution in [0.25, 0.3) is 0 Å². The Balaban J connectivity index is 1.23. The average Bonchev–Trinajstić information content (AvgIpc) is 2.80. The van der Waals surface area contributed by atoms with Gasteiger partial charge in [-0.2, -0.15) is 0 Å². The van der Waals surface area contributed by atoms with Gasteiger partial charge in [0.05, 0.1) is 0 Å². The molecule has 2 aromatic rings. The van der Waals surface area contributed by atoms with Gasteiger partial charge < -0.3 is 15.0 Å². The molecule has 4 heteroatoms. The van der Waals surface area contributed by atoms with E-state index in [9.17, 15) is 4.79 Å². The fraction of sp³-hybridized carbons (Fsp3) is 0.500. The lowest BCUT2D eigenvalue weighted by molar-refractivity contribution is -0.118. The third kappa shape index (κ3) is 5.56. The first-order valence-corrected chi connectivity index (χ1v) is 11.5. The number of amides is 1. The van der Waals surface area contributed by atoms with Gasteiger partial charge in [-0.3, -0.25) is 4.79 Å². The van der Waals surface area contributed by atoms with Crippen molar-refractivity contribution < 1.29 is 9.53 Å². The summed E-state index contributed by atoms with van der Waals surface area (Å²) in [6.07, 6.45) is 9.11. The predicted molar refractivity (Wildman–Crippen MR) is 123 cm³/mol. The Bertz CT molecular complexity index is 802. The Kier molecular flexibility index (Phi) is 6.93. The summed E-state index contributed by atoms with van der Waals surface area (Å²) in [7, 11) is 0. The van der Waals surface area contributed by atoms with E-state index in [1.165, 1.54) is 56.2 Å². The van der Waals surface area contributed by atoms with Crippen molar-refractivity contribution in [3.05, 3.63) is 54.1 Å². The summed E-state index contributed by atoms with van der Waals surface area (Å²) in [5, 5.41) is 2.93. The highest BCUT2D eigenvalue weighted by Crippen LogP contribution is 2.33. The number of piperidine rings is 1. The lowest BCUT2D eigenvalue weighted by atomic mass is 9.84. The van der Waals surface area contributed by atoms with Crippen LogP contribution in [0.2, 0.25) is 0 Å². The Morgan fingerprint density at radius 1 is 0.933 bits per heavy atom. The number of carbonyl (C=O) groups excluding carboxylic acids is 1. The Labute approximate surface area is 180 Å². The summed E-state index contributed by atoms with van der Waals surface area (Å²) in [6.45, 7) is 4.57. The predicted octanol–water partition coefficient (Wildman–Crippen LogP) is 5.99. The number of nitrogens with one attached hydrogen (secondary N) is 1. The molecule has 4 rings (SSSR count). The number of ether oxygens (including phenoxy) is 1. The normalized spacial score (nSPS) is 18.2. The van der Waals surface area contributed by atoms with Crippen LogP contribution >= 0.6 is 0 Å². The molecular weight excluding hydrogens is 372 g/mol. The minimum atomic E-state index is -0.133. The number of rotatable bonds is 6. The van der Waals surface area contributed by atoms with E-state index >= 15 is 0 Å². The number of benzene rings is 2. The Morgan fingerprint density at radius 3 is 2.27 bits per heavy atom. The summed E-state index contributed by atoms with van der Waals surface area (Å²) < 4.78 is 5.69. The number of anilines is 2. The Hall–Kier alpha value is -2.49. The summed E-state index contributed by atoms with van der Waals surface area (Å²) in [6, 6.07) is 16.4. The molecule has 4 nitrogen and oxygen atoms in total. The molecular formula is C26H34N2O2. The molecule has 0 spiro atoms. The summed E-state index contributed by atoms with van der Waals surface area (Å²) in [5.74, 6) is 2.13. The quantitative estimate of drug-likeness (QED) is 0.641. The highest BCUT2D eigenvalue weighted by molar-refractivity contribution is 5.92. The van der Waals surface area contributed by atoms with E-state index in [0.717, 1.165) is 30.4 Å². The maximum absolute atomic E-state index is 12.3. The fourth-order valence-corrected chi connectivity index (χ4v) is 4.64. The van der Waals surface area contributed by atoms with E-state index in [-0.39, 0.29) is 12.5 Å². The van der Waals surface area contributed by atoms with Crippen LogP contribution < -0.4 is 15.0 Å². The van der Waals surface area contributed by atoms with E-state index in [0.29, 0.717) is 5.92 Å². The average molecular weight is 407 g/mol. The van der Waals surface area contributed by atoms with E-state index in [1.54, 1.807) is 0 Å². The van der Waals surface area contributed by atoms with Crippen molar-refractivity contribution in [2.24, 2.45) is 5.92 Å². The topological polar surface area (TPSA) is 41.6 Å². The molecule has 160 valence electrons. The fourth-order valence-electron chi connectivity index (χ4n) is 4.64. The molecule has 1 amide bonds. The van der Waals surface area contributed by atoms with Crippen molar-refractivity contribution in [2.45, 2.75) is 57.8 Å². The minimum Gasteiger partial charge on any atom is -0.484 e. The van der Waals surface area contributed by atoms with Gasteiger partial charge in [-0.1, -0.05) is 38.3 Å². The van der Waals surface area contributed by atoms with Crippen LogP contribution in [0.4, 0.5) is 11.4 Å². The third-order valence-corrected chi connectivity index (χ3v) is 6.63. The molecule has 0 bridgehead atoms. The molecule has 1 aliphatic heterocycles. The largest absolute Gasteiger partial charge is 0.484 e. The highest BCUT2D eigenvalue weighted by Gasteiger charge is 2.17. The van der Waals surface area contributed by atoms with Gasteiger partial charge in [0.1, 0.15) is 5.75 Å². The van der Waals surface area contributed by atoms with Gasteiger partial charge in [0.2, 0.25) is 0 Å². The van der Waals surface area contributed by atoms with Crippen LogP contribution in [0.5, 0.6) is 5.75 Å². The number of hydrogen-bond donors (Lipinski definition) is 1. The first-order valence-electron chi connectivity index (χ1n) is 11.5. The molecule has 0 unspecified atom stereocenters. The van der Waals surface area contributed by atoms with Gasteiger partial charge in [-0.25, -0.2) is 0 Å². The first-order chi connectivity index (χ1) is 14.7. The van der Waals surface area contributed by atoms with Gasteiger partial charge in [0, 0.05) is 24.5 Å². The number of carbonyl (C=O) groups is 1. The molecule has 1 N–H and O–H groups in total. The van der Waals surface area contributed by atoms with Gasteiger partial charge in [0.25, 0.3) is 5.91 Å². The second kappa shape index (κ2) is 10.0. The van der Waals surface area contributed by atoms with Crippen LogP contribution in [0.3, 0.4) is 0 Å². The molecule has 1 saturated carbocycles. The lowest BCUT2D eigenvalue weighted by Crippen LogP contribution is -2.32. The van der Waals surface area contributed by atoms with E-state index < -0.39 is 0 Å². The zero-order chi connectivity index (χ0) is 20.8. The van der Waals surface area contributed by atoms with Crippen molar-refractivity contribution in [3.63, 3.8) is 0 Å². The van der Waals surface area contributed by atoms with Gasteiger partial charge in [0.15, 0.2) is 6.61 Å². The Morgan fingerprint density at radius 2 is 1.60 bits per heavy atom. The minimum absolute atomic E-state index is 0.0224. The van der Waals surface area contributed by atoms with Gasteiger partial charge in [-0.05, 0) is 79.5 Å². The summed E-state index contributed by atoms with van der Waals surface area (Å²) in [4.78, 5) is 14.7. The zero-order valence-corrected chi connectivity index (χ0v) is 18.1. The molecule has 2 aliphatic rings. The second-order valence-electron chi connectivity index (χ2n) is 8.96. The van der Waals surface area contributed by atoms with Crippen LogP contribution in [0, 0.1) is 5.92 Å². The maximum Gasteiger partial charge on any atom is 0.262 e. The molecule has 2 fully saturated rings. The lowest BCUT2D eigenvalue weighted by Gasteiger charge is -2.32. The third-order valence-electron chi connectivity index (χ3n) is 6.63. The molecule has 0 radical (unpaired) electrons. The van der Waals surface area contributed by atoms with Crippen molar-refractivity contribution in [1.29, 1.82) is 0 Å². The van der Waals surface area contributed by atoms with E-state index in [4.69, 9.17) is 4.74 Å². The van der Waals surface area contributed by atoms with E-state index in [1.807, 2.05) is 24.3 Å². The van der Waals surface area contributed by atoms with Gasteiger partial charge in [-0.15, -0.1) is 0 Å². The van der Waals surface area contributed by atoms with Crippen molar-refractivity contribution in [3.8, 4) is 5.75 Å². The van der Waals surface area contributed by atoms with Crippen LogP contribution in [-0.4, -0.2) is 25.6 Å². The van der Waals surface area contributed by atoms with Crippen molar-refractivity contribution in [2.75, 3.05) is 29.9 Å². The van der Waals surface area contributed by atoms with E-state index in [2.05, 4.69) is 41.4 Å². The molecule has 1 aliphatic carbocycles. The van der Waals surface area contributed by atoms with Crippen LogP contribution in [0.1, 0.15) is 63.4 Å². The molecule has 2 aromatic carbocycles. The standard InChI is InChI=1S/C26H34N2O2/c1-20-15-17-28(18-16-20)24-11-9-23(10-12-24)27-26(29)19-30-25-13-7-22(8-14-25)21-5-3-2-4-6-21/h7-14,20-21H,2-6,15-19H2,1H3,(H,27,29). The summed E-state index contributed by atoms with van der Waals surface area (Å²) >= 11 is 0. The smallest absolute Gasteiger partial charge is 0.262 e. The maximum atomic E-state index is 12.3. The van der Waals surface area contributed by atoms with Crippen molar-refractivity contribution in [1.82, 2.24) is 0 Å². The molecule has 1 saturated heterocycles.